The molecule has 1 heterocycles. The third-order valence-corrected chi connectivity index (χ3v) is 7.49. The number of aliphatic hydroxyl groups excluding tert-OH is 2. The summed E-state index contributed by atoms with van der Waals surface area (Å²) in [5, 5.41) is 23.5. The number of fused-ring (bicyclic) bond motifs is 3. The summed E-state index contributed by atoms with van der Waals surface area (Å²) in [7, 11) is 0. The van der Waals surface area contributed by atoms with Crippen molar-refractivity contribution in [3.63, 3.8) is 0 Å². The number of hydrogen-bond acceptors (Lipinski definition) is 6. The van der Waals surface area contributed by atoms with Gasteiger partial charge in [-0.05, 0) is 51.2 Å². The summed E-state index contributed by atoms with van der Waals surface area (Å²) in [6, 6.07) is 6.81. The van der Waals surface area contributed by atoms with E-state index in [0.717, 1.165) is 31.2 Å². The standard InChI is InChI=1S/C28H40N2O6/c1-18(2)35-15-7-13-30(24(32)16-19-8-3-4-9-19)22-17-21(28(34)29-12-14-31)25-20-10-5-6-11-23(20)36-27(25)26(22)33/h5-6,10-11,17-19,22,25-27,31,33H,3-4,7-9,12-16H2,1-2H3,(H,29,34). The number of aliphatic hydroxyl groups is 2. The van der Waals surface area contributed by atoms with Crippen LogP contribution in [0.25, 0.3) is 0 Å². The van der Waals surface area contributed by atoms with Crippen LogP contribution in [0.4, 0.5) is 0 Å². The molecule has 2 amide bonds. The molecule has 2 aliphatic carbocycles. The minimum atomic E-state index is -0.990. The number of para-hydroxylation sites is 1. The molecule has 1 fully saturated rings. The van der Waals surface area contributed by atoms with Gasteiger partial charge in [-0.15, -0.1) is 0 Å². The second kappa shape index (κ2) is 12.2. The average molecular weight is 501 g/mol. The topological polar surface area (TPSA) is 108 Å². The minimum absolute atomic E-state index is 0.00387. The van der Waals surface area contributed by atoms with Crippen molar-refractivity contribution in [3.05, 3.63) is 41.5 Å². The van der Waals surface area contributed by atoms with Crippen molar-refractivity contribution in [1.82, 2.24) is 10.2 Å². The van der Waals surface area contributed by atoms with Crippen LogP contribution in [0, 0.1) is 5.92 Å². The fraction of sp³-hybridized carbons (Fsp3) is 0.643. The van der Waals surface area contributed by atoms with E-state index < -0.39 is 24.2 Å². The molecule has 1 aliphatic heterocycles. The quantitative estimate of drug-likeness (QED) is 0.403. The van der Waals surface area contributed by atoms with Gasteiger partial charge in [0.25, 0.3) is 0 Å². The second-order valence-corrected chi connectivity index (χ2v) is 10.4. The SMILES string of the molecule is CC(C)OCCCN(C(=O)CC1CCCC1)C1C=C(C(=O)NCCO)C2c3ccccc3OC2C1O. The summed E-state index contributed by atoms with van der Waals surface area (Å²) in [6.45, 7) is 4.84. The monoisotopic (exact) mass is 500 g/mol. The summed E-state index contributed by atoms with van der Waals surface area (Å²) in [6.07, 6.45) is 5.66. The highest BCUT2D eigenvalue weighted by molar-refractivity contribution is 5.96. The Labute approximate surface area is 213 Å². The molecule has 1 aromatic carbocycles. The number of nitrogens with zero attached hydrogens (tertiary/aromatic N) is 1. The number of benzene rings is 1. The molecule has 4 atom stereocenters. The number of hydrogen-bond donors (Lipinski definition) is 3. The molecule has 0 aromatic heterocycles. The summed E-state index contributed by atoms with van der Waals surface area (Å²) < 4.78 is 11.9. The maximum atomic E-state index is 13.6. The molecule has 0 bridgehead atoms. The molecule has 8 nitrogen and oxygen atoms in total. The summed E-state index contributed by atoms with van der Waals surface area (Å²) in [4.78, 5) is 28.5. The first-order valence-electron chi connectivity index (χ1n) is 13.4. The van der Waals surface area contributed by atoms with E-state index in [4.69, 9.17) is 9.47 Å². The predicted molar refractivity (Wildman–Crippen MR) is 136 cm³/mol. The van der Waals surface area contributed by atoms with Crippen LogP contribution < -0.4 is 10.1 Å². The van der Waals surface area contributed by atoms with Crippen molar-refractivity contribution in [3.8, 4) is 5.75 Å². The number of carbonyl (C=O) groups excluding carboxylic acids is 2. The lowest BCUT2D eigenvalue weighted by atomic mass is 9.77. The van der Waals surface area contributed by atoms with Crippen LogP contribution in [-0.2, 0) is 14.3 Å². The fourth-order valence-corrected chi connectivity index (χ4v) is 5.76. The van der Waals surface area contributed by atoms with Gasteiger partial charge < -0.3 is 29.9 Å². The maximum Gasteiger partial charge on any atom is 0.247 e. The van der Waals surface area contributed by atoms with Crippen molar-refractivity contribution in [1.29, 1.82) is 0 Å². The highest BCUT2D eigenvalue weighted by Crippen LogP contribution is 2.47. The van der Waals surface area contributed by atoms with Crippen LogP contribution in [0.1, 0.15) is 63.9 Å². The van der Waals surface area contributed by atoms with Gasteiger partial charge in [-0.25, -0.2) is 0 Å². The van der Waals surface area contributed by atoms with Crippen LogP contribution in [0.5, 0.6) is 5.75 Å². The van der Waals surface area contributed by atoms with Crippen molar-refractivity contribution in [2.75, 3.05) is 26.3 Å². The van der Waals surface area contributed by atoms with Crippen LogP contribution in [0.3, 0.4) is 0 Å². The van der Waals surface area contributed by atoms with Crippen molar-refractivity contribution in [2.24, 2.45) is 5.92 Å². The molecule has 3 N–H and O–H groups in total. The van der Waals surface area contributed by atoms with E-state index in [1.807, 2.05) is 38.1 Å². The van der Waals surface area contributed by atoms with Crippen molar-refractivity contribution >= 4 is 11.8 Å². The molecule has 8 heteroatoms. The van der Waals surface area contributed by atoms with E-state index in [2.05, 4.69) is 5.32 Å². The number of ether oxygens (including phenoxy) is 2. The number of rotatable bonds is 11. The largest absolute Gasteiger partial charge is 0.486 e. The molecule has 3 aliphatic rings. The summed E-state index contributed by atoms with van der Waals surface area (Å²) in [5.41, 5.74) is 1.31. The number of nitrogens with one attached hydrogen (secondary N) is 1. The number of carbonyl (C=O) groups is 2. The lowest BCUT2D eigenvalue weighted by Crippen LogP contribution is -2.56. The van der Waals surface area contributed by atoms with Gasteiger partial charge in [-0.1, -0.05) is 31.0 Å². The van der Waals surface area contributed by atoms with E-state index in [9.17, 15) is 19.8 Å². The van der Waals surface area contributed by atoms with E-state index in [1.165, 1.54) is 0 Å². The zero-order valence-corrected chi connectivity index (χ0v) is 21.4. The second-order valence-electron chi connectivity index (χ2n) is 10.4. The van der Waals surface area contributed by atoms with Crippen LogP contribution in [-0.4, -0.2) is 77.6 Å². The Morgan fingerprint density at radius 1 is 1.22 bits per heavy atom. The van der Waals surface area contributed by atoms with E-state index >= 15 is 0 Å². The molecule has 0 spiro atoms. The Bertz CT molecular complexity index is 942. The Balaban J connectivity index is 1.64. The van der Waals surface area contributed by atoms with Gasteiger partial charge in [0.15, 0.2) is 0 Å². The molecule has 198 valence electrons. The highest BCUT2D eigenvalue weighted by Gasteiger charge is 2.50. The fourth-order valence-electron chi connectivity index (χ4n) is 5.76. The predicted octanol–water partition coefficient (Wildman–Crippen LogP) is 2.53. The van der Waals surface area contributed by atoms with Crippen molar-refractivity contribution in [2.45, 2.75) is 82.6 Å². The van der Waals surface area contributed by atoms with Crippen molar-refractivity contribution < 1.29 is 29.3 Å². The normalized spacial score (nSPS) is 25.2. The number of amides is 2. The van der Waals surface area contributed by atoms with Gasteiger partial charge >= 0.3 is 0 Å². The van der Waals surface area contributed by atoms with Crippen LogP contribution in [0.15, 0.2) is 35.9 Å². The molecule has 1 aromatic rings. The van der Waals surface area contributed by atoms with E-state index in [-0.39, 0.29) is 31.1 Å². The van der Waals surface area contributed by atoms with Gasteiger partial charge in [-0.3, -0.25) is 9.59 Å². The molecular weight excluding hydrogens is 460 g/mol. The van der Waals surface area contributed by atoms with E-state index in [1.54, 1.807) is 11.0 Å². The van der Waals surface area contributed by atoms with Crippen LogP contribution >= 0.6 is 0 Å². The molecular formula is C28H40N2O6. The first-order valence-corrected chi connectivity index (χ1v) is 13.4. The summed E-state index contributed by atoms with van der Waals surface area (Å²) in [5.74, 6) is 0.242. The molecule has 4 unspecified atom stereocenters. The van der Waals surface area contributed by atoms with Gasteiger partial charge in [0.2, 0.25) is 11.8 Å². The highest BCUT2D eigenvalue weighted by atomic mass is 16.5. The Morgan fingerprint density at radius 3 is 2.69 bits per heavy atom. The first-order chi connectivity index (χ1) is 17.4. The third-order valence-electron chi connectivity index (χ3n) is 7.49. The lowest BCUT2D eigenvalue weighted by Gasteiger charge is -2.41. The zero-order valence-electron chi connectivity index (χ0n) is 21.4. The van der Waals surface area contributed by atoms with Gasteiger partial charge in [0.1, 0.15) is 18.0 Å². The summed E-state index contributed by atoms with van der Waals surface area (Å²) >= 11 is 0. The average Bonchev–Trinajstić information content (AvgIpc) is 3.51. The molecule has 4 rings (SSSR count). The maximum absolute atomic E-state index is 13.6. The van der Waals surface area contributed by atoms with Gasteiger partial charge in [0.05, 0.1) is 24.7 Å². The lowest BCUT2D eigenvalue weighted by molar-refractivity contribution is -0.138. The molecule has 36 heavy (non-hydrogen) atoms. The molecule has 0 saturated heterocycles. The zero-order chi connectivity index (χ0) is 25.7. The smallest absolute Gasteiger partial charge is 0.247 e. The minimum Gasteiger partial charge on any atom is -0.486 e. The third kappa shape index (κ3) is 5.93. The van der Waals surface area contributed by atoms with Crippen LogP contribution in [0.2, 0.25) is 0 Å². The van der Waals surface area contributed by atoms with Gasteiger partial charge in [-0.2, -0.15) is 0 Å². The van der Waals surface area contributed by atoms with Gasteiger partial charge in [0, 0.05) is 37.3 Å². The Hall–Kier alpha value is -2.42. The first kappa shape index (κ1) is 26.6. The van der Waals surface area contributed by atoms with E-state index in [0.29, 0.717) is 43.2 Å². The molecule has 0 radical (unpaired) electrons. The Kier molecular flexibility index (Phi) is 9.04. The molecule has 1 saturated carbocycles. The Morgan fingerprint density at radius 2 is 1.97 bits per heavy atom.